The summed E-state index contributed by atoms with van der Waals surface area (Å²) in [6.07, 6.45) is -1.63. The van der Waals surface area contributed by atoms with Crippen LogP contribution in [0.3, 0.4) is 0 Å². The number of rotatable bonds is 5. The van der Waals surface area contributed by atoms with Crippen LogP contribution in [0.25, 0.3) is 5.82 Å². The van der Waals surface area contributed by atoms with Crippen LogP contribution in [0.2, 0.25) is 0 Å². The minimum atomic E-state index is -4.46. The van der Waals surface area contributed by atoms with Crippen LogP contribution in [-0.2, 0) is 6.18 Å². The lowest BCUT2D eigenvalue weighted by molar-refractivity contribution is -0.137. The second-order valence-corrected chi connectivity index (χ2v) is 7.36. The van der Waals surface area contributed by atoms with Crippen LogP contribution < -0.4 is 5.32 Å². The van der Waals surface area contributed by atoms with Crippen molar-refractivity contribution in [3.05, 3.63) is 75.6 Å². The van der Waals surface area contributed by atoms with Gasteiger partial charge in [0.15, 0.2) is 5.82 Å². The van der Waals surface area contributed by atoms with Gasteiger partial charge in [0.1, 0.15) is 0 Å². The van der Waals surface area contributed by atoms with Gasteiger partial charge in [-0.1, -0.05) is 35.0 Å². The van der Waals surface area contributed by atoms with Crippen LogP contribution in [0.1, 0.15) is 46.6 Å². The van der Waals surface area contributed by atoms with Gasteiger partial charge in [-0.2, -0.15) is 18.3 Å². The van der Waals surface area contributed by atoms with Crippen molar-refractivity contribution < 1.29 is 18.0 Å². The molecule has 1 atom stereocenters. The van der Waals surface area contributed by atoms with Crippen LogP contribution >= 0.6 is 15.9 Å². The predicted molar refractivity (Wildman–Crippen MR) is 106 cm³/mol. The van der Waals surface area contributed by atoms with Crippen molar-refractivity contribution in [1.29, 1.82) is 0 Å². The fourth-order valence-electron chi connectivity index (χ4n) is 2.89. The molecule has 0 aliphatic rings. The zero-order valence-corrected chi connectivity index (χ0v) is 17.3. The largest absolute Gasteiger partial charge is 0.417 e. The molecule has 1 aromatic carbocycles. The monoisotopic (exact) mass is 466 g/mol. The number of carbonyl (C=O) groups is 1. The number of pyridine rings is 1. The van der Waals surface area contributed by atoms with Crippen LogP contribution in [0.4, 0.5) is 13.2 Å². The summed E-state index contributed by atoms with van der Waals surface area (Å²) in [5, 5.41) is 7.10. The first-order chi connectivity index (χ1) is 13.7. The van der Waals surface area contributed by atoms with E-state index in [1.807, 2.05) is 31.2 Å². The maximum absolute atomic E-state index is 12.8. The van der Waals surface area contributed by atoms with E-state index in [9.17, 15) is 18.0 Å². The van der Waals surface area contributed by atoms with E-state index in [2.05, 4.69) is 31.3 Å². The van der Waals surface area contributed by atoms with E-state index in [4.69, 9.17) is 0 Å². The summed E-state index contributed by atoms with van der Waals surface area (Å²) in [6.45, 7) is 3.64. The highest BCUT2D eigenvalue weighted by Gasteiger charge is 2.31. The zero-order valence-electron chi connectivity index (χ0n) is 15.7. The third kappa shape index (κ3) is 4.67. The van der Waals surface area contributed by atoms with Crippen LogP contribution in [0.5, 0.6) is 0 Å². The highest BCUT2D eigenvalue weighted by Crippen LogP contribution is 2.29. The molecule has 2 heterocycles. The number of halogens is 4. The van der Waals surface area contributed by atoms with Gasteiger partial charge in [-0.3, -0.25) is 4.79 Å². The number of aromatic nitrogens is 3. The summed E-state index contributed by atoms with van der Waals surface area (Å²) in [7, 11) is 0. The van der Waals surface area contributed by atoms with Gasteiger partial charge in [-0.25, -0.2) is 9.67 Å². The molecule has 0 aliphatic carbocycles. The minimum Gasteiger partial charge on any atom is -0.345 e. The Labute approximate surface area is 174 Å². The molecule has 0 aliphatic heterocycles. The van der Waals surface area contributed by atoms with Gasteiger partial charge in [0.05, 0.1) is 29.1 Å². The Hall–Kier alpha value is -2.68. The van der Waals surface area contributed by atoms with Crippen molar-refractivity contribution in [2.45, 2.75) is 32.5 Å². The van der Waals surface area contributed by atoms with Crippen LogP contribution in [-0.4, -0.2) is 20.7 Å². The summed E-state index contributed by atoms with van der Waals surface area (Å²) in [5.74, 6) is -0.107. The summed E-state index contributed by atoms with van der Waals surface area (Å²) in [4.78, 5) is 16.6. The van der Waals surface area contributed by atoms with E-state index < -0.39 is 11.7 Å². The van der Waals surface area contributed by atoms with Gasteiger partial charge in [0, 0.05) is 10.7 Å². The molecule has 1 unspecified atom stereocenters. The van der Waals surface area contributed by atoms with Crippen molar-refractivity contribution in [3.8, 4) is 5.82 Å². The van der Waals surface area contributed by atoms with E-state index in [1.54, 1.807) is 6.92 Å². The standard InChI is InChI=1S/C20H18BrF3N4O/c1-3-17(13-4-7-15(21)8-5-13)27-19(29)16-11-26-28(12(16)2)18-9-6-14(10-25-18)20(22,23)24/h4-11,17H,3H2,1-2H3,(H,27,29). The molecule has 9 heteroatoms. The second kappa shape index (κ2) is 8.36. The predicted octanol–water partition coefficient (Wildman–Crippen LogP) is 5.24. The van der Waals surface area contributed by atoms with E-state index in [0.717, 1.165) is 22.3 Å². The van der Waals surface area contributed by atoms with Gasteiger partial charge in [-0.05, 0) is 43.2 Å². The van der Waals surface area contributed by atoms with Crippen molar-refractivity contribution in [2.24, 2.45) is 0 Å². The first-order valence-corrected chi connectivity index (χ1v) is 9.64. The lowest BCUT2D eigenvalue weighted by Crippen LogP contribution is -2.28. The number of amides is 1. The maximum atomic E-state index is 12.8. The highest BCUT2D eigenvalue weighted by atomic mass is 79.9. The van der Waals surface area contributed by atoms with Gasteiger partial charge >= 0.3 is 6.18 Å². The Kier molecular flexibility index (Phi) is 6.07. The molecule has 0 fully saturated rings. The number of benzene rings is 1. The average Bonchev–Trinajstić information content (AvgIpc) is 3.07. The normalized spacial score (nSPS) is 12.6. The van der Waals surface area contributed by atoms with Crippen molar-refractivity contribution >= 4 is 21.8 Å². The smallest absolute Gasteiger partial charge is 0.345 e. The van der Waals surface area contributed by atoms with Gasteiger partial charge in [-0.15, -0.1) is 0 Å². The third-order valence-corrected chi connectivity index (χ3v) is 5.06. The molecule has 152 valence electrons. The molecule has 0 radical (unpaired) electrons. The Bertz CT molecular complexity index is 998. The van der Waals surface area contributed by atoms with Crippen molar-refractivity contribution in [1.82, 2.24) is 20.1 Å². The molecule has 29 heavy (non-hydrogen) atoms. The fourth-order valence-corrected chi connectivity index (χ4v) is 3.16. The molecule has 1 amide bonds. The highest BCUT2D eigenvalue weighted by molar-refractivity contribution is 9.10. The van der Waals surface area contributed by atoms with Crippen LogP contribution in [0.15, 0.2) is 53.3 Å². The fraction of sp³-hybridized carbons (Fsp3) is 0.250. The zero-order chi connectivity index (χ0) is 21.2. The first-order valence-electron chi connectivity index (χ1n) is 8.85. The van der Waals surface area contributed by atoms with E-state index in [1.165, 1.54) is 16.9 Å². The molecule has 0 saturated carbocycles. The van der Waals surface area contributed by atoms with Gasteiger partial charge in [0.25, 0.3) is 5.91 Å². The number of carbonyl (C=O) groups excluding carboxylic acids is 1. The first kappa shape index (κ1) is 21.0. The Morgan fingerprint density at radius 3 is 2.41 bits per heavy atom. The van der Waals surface area contributed by atoms with Gasteiger partial charge in [0.2, 0.25) is 0 Å². The topological polar surface area (TPSA) is 59.8 Å². The van der Waals surface area contributed by atoms with E-state index in [0.29, 0.717) is 17.7 Å². The Morgan fingerprint density at radius 1 is 1.17 bits per heavy atom. The molecular formula is C20H18BrF3N4O. The summed E-state index contributed by atoms with van der Waals surface area (Å²) >= 11 is 3.39. The lowest BCUT2D eigenvalue weighted by Gasteiger charge is -2.17. The molecule has 5 nitrogen and oxygen atoms in total. The van der Waals surface area contributed by atoms with Crippen molar-refractivity contribution in [2.75, 3.05) is 0 Å². The number of alkyl halides is 3. The Morgan fingerprint density at radius 2 is 1.86 bits per heavy atom. The number of nitrogens with one attached hydrogen (secondary N) is 1. The number of hydrogen-bond acceptors (Lipinski definition) is 3. The minimum absolute atomic E-state index is 0.178. The molecule has 0 spiro atoms. The summed E-state index contributed by atoms with van der Waals surface area (Å²) in [5.41, 5.74) is 0.950. The number of hydrogen-bond donors (Lipinski definition) is 1. The summed E-state index contributed by atoms with van der Waals surface area (Å²) < 4.78 is 40.4. The van der Waals surface area contributed by atoms with E-state index in [-0.39, 0.29) is 17.8 Å². The molecule has 0 bridgehead atoms. The third-order valence-electron chi connectivity index (χ3n) is 4.53. The molecule has 3 rings (SSSR count). The van der Waals surface area contributed by atoms with Crippen molar-refractivity contribution in [3.63, 3.8) is 0 Å². The van der Waals surface area contributed by atoms with E-state index >= 15 is 0 Å². The molecule has 0 saturated heterocycles. The average molecular weight is 467 g/mol. The molecule has 1 N–H and O–H groups in total. The molecular weight excluding hydrogens is 449 g/mol. The second-order valence-electron chi connectivity index (χ2n) is 6.44. The van der Waals surface area contributed by atoms with Crippen LogP contribution in [0, 0.1) is 6.92 Å². The maximum Gasteiger partial charge on any atom is 0.417 e. The quantitative estimate of drug-likeness (QED) is 0.559. The van der Waals surface area contributed by atoms with Gasteiger partial charge < -0.3 is 5.32 Å². The lowest BCUT2D eigenvalue weighted by atomic mass is 10.0. The molecule has 2 aromatic heterocycles. The summed E-state index contributed by atoms with van der Waals surface area (Å²) in [6, 6.07) is 9.66. The SMILES string of the molecule is CCC(NC(=O)c1cnn(-c2ccc(C(F)(F)F)cn2)c1C)c1ccc(Br)cc1. The number of nitrogens with zero attached hydrogens (tertiary/aromatic N) is 3. The Balaban J connectivity index is 1.81. The molecule has 3 aromatic rings.